The summed E-state index contributed by atoms with van der Waals surface area (Å²) in [4.78, 5) is 15.1. The number of carbonyl (C=O) groups is 1. The molecule has 1 saturated heterocycles. The molecule has 0 N–H and O–H groups in total. The summed E-state index contributed by atoms with van der Waals surface area (Å²) in [5, 5.41) is 0. The zero-order valence-corrected chi connectivity index (χ0v) is 13.0. The van der Waals surface area contributed by atoms with Gasteiger partial charge in [0, 0.05) is 18.5 Å². The number of halogens is 2. The predicted molar refractivity (Wildman–Crippen MR) is 76.1 cm³/mol. The van der Waals surface area contributed by atoms with Crippen molar-refractivity contribution < 1.29 is 4.79 Å². The highest BCUT2D eigenvalue weighted by molar-refractivity contribution is 9.11. The Morgan fingerprint density at radius 2 is 2.41 bits per heavy atom. The van der Waals surface area contributed by atoms with Crippen LogP contribution < -0.4 is 0 Å². The van der Waals surface area contributed by atoms with Gasteiger partial charge in [0.15, 0.2) is 0 Å². The molecule has 0 spiro atoms. The van der Waals surface area contributed by atoms with Crippen molar-refractivity contribution in [3.63, 3.8) is 0 Å². The molecule has 94 valence electrons. The SMILES string of the molecule is Cc1cc(C(=O)N2CCC(C)C2CCl)sc1Br. The van der Waals surface area contributed by atoms with Crippen molar-refractivity contribution in [1.29, 1.82) is 0 Å². The molecule has 0 aromatic carbocycles. The molecule has 0 radical (unpaired) electrons. The van der Waals surface area contributed by atoms with Crippen molar-refractivity contribution in [1.82, 2.24) is 4.90 Å². The van der Waals surface area contributed by atoms with E-state index in [0.717, 1.165) is 27.2 Å². The van der Waals surface area contributed by atoms with Crippen LogP contribution in [0.1, 0.15) is 28.6 Å². The molecule has 1 aliphatic rings. The number of hydrogen-bond donors (Lipinski definition) is 0. The highest BCUT2D eigenvalue weighted by Gasteiger charge is 2.34. The van der Waals surface area contributed by atoms with E-state index in [-0.39, 0.29) is 11.9 Å². The van der Waals surface area contributed by atoms with Gasteiger partial charge in [0.1, 0.15) is 0 Å². The van der Waals surface area contributed by atoms with Gasteiger partial charge in [0.2, 0.25) is 0 Å². The lowest BCUT2D eigenvalue weighted by atomic mass is 10.1. The summed E-state index contributed by atoms with van der Waals surface area (Å²) < 4.78 is 1.04. The average Bonchev–Trinajstić information content (AvgIpc) is 2.82. The minimum Gasteiger partial charge on any atom is -0.333 e. The van der Waals surface area contributed by atoms with Crippen LogP contribution >= 0.6 is 38.9 Å². The van der Waals surface area contributed by atoms with E-state index in [1.54, 1.807) is 0 Å². The Morgan fingerprint density at radius 1 is 1.71 bits per heavy atom. The second-order valence-corrected chi connectivity index (χ2v) is 7.23. The van der Waals surface area contributed by atoms with Crippen molar-refractivity contribution in [2.45, 2.75) is 26.3 Å². The summed E-state index contributed by atoms with van der Waals surface area (Å²) >= 11 is 10.9. The summed E-state index contributed by atoms with van der Waals surface area (Å²) in [6.07, 6.45) is 1.05. The van der Waals surface area contributed by atoms with E-state index in [1.807, 2.05) is 17.9 Å². The molecule has 17 heavy (non-hydrogen) atoms. The molecule has 1 aromatic heterocycles. The number of amides is 1. The Kier molecular flexibility index (Phi) is 4.16. The lowest BCUT2D eigenvalue weighted by molar-refractivity contribution is 0.0742. The Morgan fingerprint density at radius 3 is 2.94 bits per heavy atom. The lowest BCUT2D eigenvalue weighted by Crippen LogP contribution is -2.38. The summed E-state index contributed by atoms with van der Waals surface area (Å²) in [6.45, 7) is 4.99. The Hall–Kier alpha value is -0.0600. The van der Waals surface area contributed by atoms with Gasteiger partial charge in [0.05, 0.1) is 8.66 Å². The minimum atomic E-state index is 0.124. The van der Waals surface area contributed by atoms with Crippen LogP contribution in [0.2, 0.25) is 0 Å². The number of aryl methyl sites for hydroxylation is 1. The second-order valence-electron chi connectivity index (χ2n) is 4.55. The van der Waals surface area contributed by atoms with Gasteiger partial charge in [-0.1, -0.05) is 6.92 Å². The van der Waals surface area contributed by atoms with Crippen LogP contribution in [0.4, 0.5) is 0 Å². The summed E-state index contributed by atoms with van der Waals surface area (Å²) in [5.74, 6) is 1.15. The van der Waals surface area contributed by atoms with E-state index >= 15 is 0 Å². The maximum atomic E-state index is 12.4. The van der Waals surface area contributed by atoms with E-state index in [0.29, 0.717) is 11.8 Å². The van der Waals surface area contributed by atoms with Crippen LogP contribution in [-0.2, 0) is 0 Å². The highest BCUT2D eigenvalue weighted by Crippen LogP contribution is 2.32. The third kappa shape index (κ3) is 2.54. The van der Waals surface area contributed by atoms with Crippen LogP contribution in [0.5, 0.6) is 0 Å². The van der Waals surface area contributed by atoms with E-state index in [9.17, 15) is 4.79 Å². The fourth-order valence-electron chi connectivity index (χ4n) is 2.20. The normalized spacial score (nSPS) is 24.4. The van der Waals surface area contributed by atoms with Gasteiger partial charge >= 0.3 is 0 Å². The summed E-state index contributed by atoms with van der Waals surface area (Å²) in [7, 11) is 0. The number of hydrogen-bond acceptors (Lipinski definition) is 2. The molecule has 2 atom stereocenters. The van der Waals surface area contributed by atoms with Crippen molar-refractivity contribution in [2.75, 3.05) is 12.4 Å². The maximum Gasteiger partial charge on any atom is 0.264 e. The van der Waals surface area contributed by atoms with Crippen LogP contribution in [0.3, 0.4) is 0 Å². The van der Waals surface area contributed by atoms with Gasteiger partial charge in [-0.05, 0) is 46.8 Å². The van der Waals surface area contributed by atoms with Gasteiger partial charge in [-0.25, -0.2) is 0 Å². The number of rotatable bonds is 2. The zero-order chi connectivity index (χ0) is 12.6. The Bertz CT molecular complexity index is 415. The number of nitrogens with zero attached hydrogens (tertiary/aromatic N) is 1. The van der Waals surface area contributed by atoms with E-state index < -0.39 is 0 Å². The molecule has 1 amide bonds. The molecule has 1 aromatic rings. The first-order chi connectivity index (χ1) is 8.04. The van der Waals surface area contributed by atoms with E-state index in [1.165, 1.54) is 11.3 Å². The average molecular weight is 337 g/mol. The fraction of sp³-hybridized carbons (Fsp3) is 0.583. The fourth-order valence-corrected chi connectivity index (χ4v) is 4.16. The van der Waals surface area contributed by atoms with Crippen LogP contribution in [0, 0.1) is 12.8 Å². The van der Waals surface area contributed by atoms with Crippen LogP contribution in [0.15, 0.2) is 9.85 Å². The van der Waals surface area contributed by atoms with Crippen molar-refractivity contribution in [3.05, 3.63) is 20.3 Å². The van der Waals surface area contributed by atoms with Gasteiger partial charge in [-0.2, -0.15) is 0 Å². The standard InChI is InChI=1S/C12H15BrClNOS/c1-7-3-4-15(9(7)6-14)12(16)10-5-8(2)11(13)17-10/h5,7,9H,3-4,6H2,1-2H3. The van der Waals surface area contributed by atoms with Crippen molar-refractivity contribution in [3.8, 4) is 0 Å². The lowest BCUT2D eigenvalue weighted by Gasteiger charge is -2.24. The molecule has 1 aliphatic heterocycles. The monoisotopic (exact) mass is 335 g/mol. The third-order valence-corrected chi connectivity index (χ3v) is 5.81. The molecule has 2 heterocycles. The molecule has 0 bridgehead atoms. The molecule has 2 unspecified atom stereocenters. The smallest absolute Gasteiger partial charge is 0.264 e. The Balaban J connectivity index is 2.20. The van der Waals surface area contributed by atoms with Crippen molar-refractivity contribution >= 4 is 44.8 Å². The predicted octanol–water partition coefficient (Wildman–Crippen LogP) is 3.91. The topological polar surface area (TPSA) is 20.3 Å². The first-order valence-corrected chi connectivity index (χ1v) is 7.82. The quantitative estimate of drug-likeness (QED) is 0.750. The molecule has 0 aliphatic carbocycles. The molecule has 2 nitrogen and oxygen atoms in total. The van der Waals surface area contributed by atoms with Gasteiger partial charge in [0.25, 0.3) is 5.91 Å². The molecular formula is C12H15BrClNOS. The summed E-state index contributed by atoms with van der Waals surface area (Å²) in [6, 6.07) is 2.14. The first kappa shape index (κ1) is 13.4. The third-order valence-electron chi connectivity index (χ3n) is 3.37. The van der Waals surface area contributed by atoms with E-state index in [4.69, 9.17) is 11.6 Å². The molecule has 1 fully saturated rings. The number of alkyl halides is 1. The summed E-state index contributed by atoms with van der Waals surface area (Å²) in [5.41, 5.74) is 1.12. The second kappa shape index (κ2) is 5.29. The van der Waals surface area contributed by atoms with Gasteiger partial charge in [-0.15, -0.1) is 22.9 Å². The van der Waals surface area contributed by atoms with Crippen molar-refractivity contribution in [2.24, 2.45) is 5.92 Å². The number of thiophene rings is 1. The van der Waals surface area contributed by atoms with Crippen LogP contribution in [0.25, 0.3) is 0 Å². The maximum absolute atomic E-state index is 12.4. The number of carbonyl (C=O) groups excluding carboxylic acids is 1. The van der Waals surface area contributed by atoms with Gasteiger partial charge in [-0.3, -0.25) is 4.79 Å². The molecule has 0 saturated carbocycles. The molecule has 2 rings (SSSR count). The Labute approximate surface area is 119 Å². The minimum absolute atomic E-state index is 0.124. The van der Waals surface area contributed by atoms with Crippen LogP contribution in [-0.4, -0.2) is 29.3 Å². The number of likely N-dealkylation sites (tertiary alicyclic amines) is 1. The zero-order valence-electron chi connectivity index (χ0n) is 9.87. The molecular weight excluding hydrogens is 322 g/mol. The largest absolute Gasteiger partial charge is 0.333 e. The highest BCUT2D eigenvalue weighted by atomic mass is 79.9. The first-order valence-electron chi connectivity index (χ1n) is 5.67. The van der Waals surface area contributed by atoms with Gasteiger partial charge < -0.3 is 4.90 Å². The molecule has 5 heteroatoms. The van der Waals surface area contributed by atoms with E-state index in [2.05, 4.69) is 22.9 Å².